The lowest BCUT2D eigenvalue weighted by molar-refractivity contribution is 0.264. The Morgan fingerprint density at radius 3 is 3.00 bits per heavy atom. The molecule has 1 unspecified atom stereocenters. The van der Waals surface area contributed by atoms with E-state index in [1.807, 2.05) is 6.92 Å². The number of hydrogen-bond acceptors (Lipinski definition) is 2. The van der Waals surface area contributed by atoms with Gasteiger partial charge in [0.05, 0.1) is 0 Å². The lowest BCUT2D eigenvalue weighted by Crippen LogP contribution is -2.39. The zero-order valence-electron chi connectivity index (χ0n) is 9.76. The molecule has 84 valence electrons. The van der Waals surface area contributed by atoms with Crippen LogP contribution in [0.3, 0.4) is 0 Å². The molecule has 1 N–H and O–H groups in total. The molecule has 1 atom stereocenters. The van der Waals surface area contributed by atoms with Crippen LogP contribution >= 0.6 is 0 Å². The Balaban J connectivity index is 1.77. The van der Waals surface area contributed by atoms with Gasteiger partial charge in [-0.15, -0.1) is 11.8 Å². The summed E-state index contributed by atoms with van der Waals surface area (Å²) in [5.74, 6) is 7.12. The standard InChI is InChI=1S/C13H22N2/c1-2-3-4-9-15-10-5-8-14-13(11-15)12-6-7-12/h12-14H,4-11H2,1H3. The molecule has 15 heavy (non-hydrogen) atoms. The molecule has 2 aliphatic rings. The van der Waals surface area contributed by atoms with Crippen molar-refractivity contribution in [3.8, 4) is 11.8 Å². The zero-order valence-corrected chi connectivity index (χ0v) is 9.76. The third kappa shape index (κ3) is 3.52. The van der Waals surface area contributed by atoms with Crippen LogP contribution in [-0.2, 0) is 0 Å². The van der Waals surface area contributed by atoms with Gasteiger partial charge in [-0.25, -0.2) is 0 Å². The second kappa shape index (κ2) is 5.53. The Morgan fingerprint density at radius 1 is 1.40 bits per heavy atom. The zero-order chi connectivity index (χ0) is 10.5. The van der Waals surface area contributed by atoms with E-state index in [1.165, 1.54) is 38.9 Å². The summed E-state index contributed by atoms with van der Waals surface area (Å²) in [4.78, 5) is 2.59. The molecule has 2 rings (SSSR count). The first-order chi connectivity index (χ1) is 7.40. The third-order valence-electron chi connectivity index (χ3n) is 3.43. The van der Waals surface area contributed by atoms with Crippen LogP contribution in [0.5, 0.6) is 0 Å². The van der Waals surface area contributed by atoms with Crippen LogP contribution in [0.1, 0.15) is 32.6 Å². The van der Waals surface area contributed by atoms with Gasteiger partial charge in [-0.1, -0.05) is 0 Å². The van der Waals surface area contributed by atoms with E-state index in [0.717, 1.165) is 24.9 Å². The average molecular weight is 206 g/mol. The molecule has 0 radical (unpaired) electrons. The molecule has 1 saturated heterocycles. The van der Waals surface area contributed by atoms with Gasteiger partial charge in [0.2, 0.25) is 0 Å². The molecule has 0 bridgehead atoms. The number of rotatable bonds is 3. The van der Waals surface area contributed by atoms with Gasteiger partial charge in [0.15, 0.2) is 0 Å². The van der Waals surface area contributed by atoms with Crippen LogP contribution in [0.25, 0.3) is 0 Å². The maximum absolute atomic E-state index is 3.69. The maximum Gasteiger partial charge on any atom is 0.0223 e. The Hall–Kier alpha value is -0.520. The minimum atomic E-state index is 0.766. The highest BCUT2D eigenvalue weighted by molar-refractivity contribution is 4.96. The SMILES string of the molecule is CC#CCCN1CCCNC(C2CC2)C1. The normalized spacial score (nSPS) is 27.9. The summed E-state index contributed by atoms with van der Waals surface area (Å²) in [6, 6.07) is 0.766. The average Bonchev–Trinajstić information content (AvgIpc) is 3.05. The van der Waals surface area contributed by atoms with E-state index in [0.29, 0.717) is 0 Å². The van der Waals surface area contributed by atoms with Crippen molar-refractivity contribution in [3.63, 3.8) is 0 Å². The van der Waals surface area contributed by atoms with Crippen molar-refractivity contribution in [3.05, 3.63) is 0 Å². The molecule has 2 heteroatoms. The summed E-state index contributed by atoms with van der Waals surface area (Å²) in [6.45, 7) is 6.79. The fourth-order valence-electron chi connectivity index (χ4n) is 2.38. The second-order valence-electron chi connectivity index (χ2n) is 4.73. The molecule has 1 aliphatic heterocycles. The summed E-state index contributed by atoms with van der Waals surface area (Å²) in [5, 5.41) is 3.69. The first-order valence-electron chi connectivity index (χ1n) is 6.25. The van der Waals surface area contributed by atoms with E-state index < -0.39 is 0 Å². The largest absolute Gasteiger partial charge is 0.312 e. The smallest absolute Gasteiger partial charge is 0.0223 e. The van der Waals surface area contributed by atoms with Crippen molar-refractivity contribution < 1.29 is 0 Å². The van der Waals surface area contributed by atoms with Gasteiger partial charge in [0, 0.05) is 25.6 Å². The van der Waals surface area contributed by atoms with Gasteiger partial charge in [-0.2, -0.15) is 0 Å². The molecule has 2 fully saturated rings. The molecule has 0 spiro atoms. The summed E-state index contributed by atoms with van der Waals surface area (Å²) in [6.07, 6.45) is 5.22. The van der Waals surface area contributed by atoms with E-state index in [-0.39, 0.29) is 0 Å². The van der Waals surface area contributed by atoms with Crippen LogP contribution < -0.4 is 5.32 Å². The van der Waals surface area contributed by atoms with Crippen molar-refractivity contribution in [2.75, 3.05) is 26.2 Å². The lowest BCUT2D eigenvalue weighted by Gasteiger charge is -2.23. The summed E-state index contributed by atoms with van der Waals surface area (Å²) in [7, 11) is 0. The van der Waals surface area contributed by atoms with Crippen LogP contribution in [0, 0.1) is 17.8 Å². The predicted octanol–water partition coefficient (Wildman–Crippen LogP) is 1.47. The molecular formula is C13H22N2. The summed E-state index contributed by atoms with van der Waals surface area (Å²) < 4.78 is 0. The Morgan fingerprint density at radius 2 is 2.27 bits per heavy atom. The van der Waals surface area contributed by atoms with Crippen LogP contribution in [-0.4, -0.2) is 37.1 Å². The molecule has 1 heterocycles. The number of nitrogens with zero attached hydrogens (tertiary/aromatic N) is 1. The van der Waals surface area contributed by atoms with E-state index in [4.69, 9.17) is 0 Å². The first kappa shape index (κ1) is 11.0. The van der Waals surface area contributed by atoms with Gasteiger partial charge in [0.25, 0.3) is 0 Å². The quantitative estimate of drug-likeness (QED) is 0.704. The highest BCUT2D eigenvalue weighted by Gasteiger charge is 2.32. The monoisotopic (exact) mass is 206 g/mol. The summed E-state index contributed by atoms with van der Waals surface area (Å²) in [5.41, 5.74) is 0. The molecule has 0 aromatic rings. The molecule has 0 aromatic carbocycles. The van der Waals surface area contributed by atoms with Gasteiger partial charge >= 0.3 is 0 Å². The Bertz CT molecular complexity index is 247. The van der Waals surface area contributed by atoms with Gasteiger partial charge in [-0.05, 0) is 45.2 Å². The predicted molar refractivity (Wildman–Crippen MR) is 63.6 cm³/mol. The van der Waals surface area contributed by atoms with Crippen LogP contribution in [0.15, 0.2) is 0 Å². The van der Waals surface area contributed by atoms with E-state index in [1.54, 1.807) is 0 Å². The van der Waals surface area contributed by atoms with Crippen molar-refractivity contribution in [2.45, 2.75) is 38.6 Å². The minimum absolute atomic E-state index is 0.766. The fourth-order valence-corrected chi connectivity index (χ4v) is 2.38. The topological polar surface area (TPSA) is 15.3 Å². The third-order valence-corrected chi connectivity index (χ3v) is 3.43. The minimum Gasteiger partial charge on any atom is -0.312 e. The van der Waals surface area contributed by atoms with Gasteiger partial charge < -0.3 is 10.2 Å². The summed E-state index contributed by atoms with van der Waals surface area (Å²) >= 11 is 0. The van der Waals surface area contributed by atoms with E-state index in [2.05, 4.69) is 22.1 Å². The molecule has 1 saturated carbocycles. The van der Waals surface area contributed by atoms with Crippen molar-refractivity contribution in [1.82, 2.24) is 10.2 Å². The second-order valence-corrected chi connectivity index (χ2v) is 4.73. The molecule has 0 aromatic heterocycles. The Kier molecular flexibility index (Phi) is 4.05. The number of hydrogen-bond donors (Lipinski definition) is 1. The molecule has 0 amide bonds. The highest BCUT2D eigenvalue weighted by atomic mass is 15.2. The van der Waals surface area contributed by atoms with E-state index in [9.17, 15) is 0 Å². The lowest BCUT2D eigenvalue weighted by atomic mass is 10.2. The molecule has 1 aliphatic carbocycles. The van der Waals surface area contributed by atoms with Crippen LogP contribution in [0.2, 0.25) is 0 Å². The van der Waals surface area contributed by atoms with Crippen molar-refractivity contribution in [1.29, 1.82) is 0 Å². The van der Waals surface area contributed by atoms with Gasteiger partial charge in [0.1, 0.15) is 0 Å². The fraction of sp³-hybridized carbons (Fsp3) is 0.846. The number of nitrogens with one attached hydrogen (secondary N) is 1. The molecule has 2 nitrogen and oxygen atoms in total. The van der Waals surface area contributed by atoms with E-state index >= 15 is 0 Å². The van der Waals surface area contributed by atoms with Crippen molar-refractivity contribution in [2.24, 2.45) is 5.92 Å². The Labute approximate surface area is 93.4 Å². The van der Waals surface area contributed by atoms with Crippen LogP contribution in [0.4, 0.5) is 0 Å². The highest BCUT2D eigenvalue weighted by Crippen LogP contribution is 2.33. The maximum atomic E-state index is 3.69. The van der Waals surface area contributed by atoms with Crippen molar-refractivity contribution >= 4 is 0 Å². The first-order valence-corrected chi connectivity index (χ1v) is 6.25. The molecular weight excluding hydrogens is 184 g/mol. The van der Waals surface area contributed by atoms with Gasteiger partial charge in [-0.3, -0.25) is 0 Å².